The van der Waals surface area contributed by atoms with Crippen molar-refractivity contribution in [3.05, 3.63) is 0 Å². The van der Waals surface area contributed by atoms with Gasteiger partial charge < -0.3 is 4.74 Å². The van der Waals surface area contributed by atoms with Crippen LogP contribution in [0.3, 0.4) is 0 Å². The zero-order chi connectivity index (χ0) is 10.3. The Morgan fingerprint density at radius 3 is 2.43 bits per heavy atom. The lowest BCUT2D eigenvalue weighted by atomic mass is 9.73. The minimum Gasteiger partial charge on any atom is -0.448 e. The lowest BCUT2D eigenvalue weighted by Gasteiger charge is -2.36. The average molecular weight is 196 g/mol. The number of hydrogen-bond acceptors (Lipinski definition) is 3. The van der Waals surface area contributed by atoms with Crippen LogP contribution in [-0.4, -0.2) is 17.5 Å². The molecule has 2 atom stereocenters. The Balaban J connectivity index is 2.22. The number of carbonyl (C=O) groups is 1. The second-order valence-electron chi connectivity index (χ2n) is 4.73. The van der Waals surface area contributed by atoms with E-state index in [1.54, 1.807) is 0 Å². The molecule has 78 valence electrons. The molecule has 1 saturated heterocycles. The van der Waals surface area contributed by atoms with E-state index in [9.17, 15) is 4.79 Å². The first kappa shape index (κ1) is 9.49. The Kier molecular flexibility index (Phi) is 2.01. The Labute approximate surface area is 83.5 Å². The topological polar surface area (TPSA) is 62.2 Å². The van der Waals surface area contributed by atoms with Gasteiger partial charge in [-0.25, -0.2) is 0 Å². The van der Waals surface area contributed by atoms with E-state index in [4.69, 9.17) is 10.1 Å². The largest absolute Gasteiger partial charge is 0.448 e. The second-order valence-corrected chi connectivity index (χ2v) is 4.73. The normalized spacial score (nSPS) is 42.4. The summed E-state index contributed by atoms with van der Waals surface area (Å²) < 4.78 is 5.37. The Morgan fingerprint density at radius 2 is 2.00 bits per heavy atom. The van der Waals surface area contributed by atoms with Crippen molar-refractivity contribution in [1.29, 1.82) is 5.41 Å². The molecular formula is C10H16N2O2. The number of rotatable bonds is 0. The molecule has 0 radical (unpaired) electrons. The first-order chi connectivity index (χ1) is 6.52. The highest BCUT2D eigenvalue weighted by Gasteiger charge is 2.51. The van der Waals surface area contributed by atoms with Crippen LogP contribution in [0.2, 0.25) is 0 Å². The third kappa shape index (κ3) is 1.38. The highest BCUT2D eigenvalue weighted by molar-refractivity contribution is 6.03. The number of nitrogens with one attached hydrogen (secondary N) is 2. The van der Waals surface area contributed by atoms with Crippen molar-refractivity contribution >= 4 is 11.9 Å². The van der Waals surface area contributed by atoms with Gasteiger partial charge in [-0.3, -0.25) is 15.5 Å². The number of carbonyl (C=O) groups excluding carboxylic acids is 1. The van der Waals surface area contributed by atoms with Gasteiger partial charge in [0, 0.05) is 0 Å². The summed E-state index contributed by atoms with van der Waals surface area (Å²) in [5.41, 5.74) is -0.728. The monoisotopic (exact) mass is 196 g/mol. The van der Waals surface area contributed by atoms with Gasteiger partial charge in [0.2, 0.25) is 0 Å². The number of amides is 1. The van der Waals surface area contributed by atoms with Gasteiger partial charge in [-0.2, -0.15) is 0 Å². The van der Waals surface area contributed by atoms with E-state index >= 15 is 0 Å². The van der Waals surface area contributed by atoms with Crippen LogP contribution in [0.15, 0.2) is 0 Å². The molecule has 14 heavy (non-hydrogen) atoms. The van der Waals surface area contributed by atoms with Gasteiger partial charge >= 0.3 is 0 Å². The predicted molar refractivity (Wildman–Crippen MR) is 51.9 cm³/mol. The number of amidine groups is 1. The molecule has 2 aliphatic rings. The van der Waals surface area contributed by atoms with Gasteiger partial charge in [-0.15, -0.1) is 0 Å². The molecule has 2 rings (SSSR count). The highest BCUT2D eigenvalue weighted by Crippen LogP contribution is 2.40. The standard InChI is InChI=1S/C10H16N2O2/c1-6-3-7(2)5-10(4-6)8(13)12-9(11)14-10/h6-7H,3-5H2,1-2H3,(H2,11,12,13). The van der Waals surface area contributed by atoms with Crippen molar-refractivity contribution < 1.29 is 9.53 Å². The number of ether oxygens (including phenoxy) is 1. The van der Waals surface area contributed by atoms with Crippen molar-refractivity contribution in [3.8, 4) is 0 Å². The van der Waals surface area contributed by atoms with Crippen LogP contribution in [0.4, 0.5) is 0 Å². The molecule has 1 aliphatic carbocycles. The molecule has 0 aromatic rings. The van der Waals surface area contributed by atoms with Crippen LogP contribution >= 0.6 is 0 Å². The maximum Gasteiger partial charge on any atom is 0.289 e. The van der Waals surface area contributed by atoms with Crippen molar-refractivity contribution in [2.75, 3.05) is 0 Å². The summed E-state index contributed by atoms with van der Waals surface area (Å²) >= 11 is 0. The van der Waals surface area contributed by atoms with E-state index in [0.717, 1.165) is 19.3 Å². The summed E-state index contributed by atoms with van der Waals surface area (Å²) in [6, 6.07) is -0.0868. The van der Waals surface area contributed by atoms with Crippen LogP contribution in [0.25, 0.3) is 0 Å². The van der Waals surface area contributed by atoms with E-state index in [1.165, 1.54) is 0 Å². The van der Waals surface area contributed by atoms with Gasteiger partial charge in [-0.1, -0.05) is 13.8 Å². The molecule has 4 heteroatoms. The average Bonchev–Trinajstić information content (AvgIpc) is 2.23. The summed E-state index contributed by atoms with van der Waals surface area (Å²) in [4.78, 5) is 11.7. The van der Waals surface area contributed by atoms with Crippen molar-refractivity contribution in [2.24, 2.45) is 11.8 Å². The van der Waals surface area contributed by atoms with E-state index in [-0.39, 0.29) is 11.9 Å². The molecule has 1 saturated carbocycles. The molecule has 0 bridgehead atoms. The fourth-order valence-corrected chi connectivity index (χ4v) is 2.82. The van der Waals surface area contributed by atoms with Crippen LogP contribution < -0.4 is 5.32 Å². The first-order valence-electron chi connectivity index (χ1n) is 5.11. The molecule has 0 aromatic heterocycles. The first-order valence-corrected chi connectivity index (χ1v) is 5.11. The molecule has 1 heterocycles. The Morgan fingerprint density at radius 1 is 1.43 bits per heavy atom. The summed E-state index contributed by atoms with van der Waals surface area (Å²) in [6.07, 6.45) is 2.63. The molecule has 2 fully saturated rings. The van der Waals surface area contributed by atoms with E-state index in [1.807, 2.05) is 0 Å². The SMILES string of the molecule is CC1CC(C)CC2(C1)OC(=N)NC2=O. The predicted octanol–water partition coefficient (Wildman–Crippen LogP) is 1.26. The van der Waals surface area contributed by atoms with Gasteiger partial charge in [0.25, 0.3) is 11.9 Å². The maximum absolute atomic E-state index is 11.7. The zero-order valence-corrected chi connectivity index (χ0v) is 8.59. The van der Waals surface area contributed by atoms with Crippen LogP contribution in [-0.2, 0) is 9.53 Å². The summed E-state index contributed by atoms with van der Waals surface area (Å²) in [5, 5.41) is 9.76. The fraction of sp³-hybridized carbons (Fsp3) is 0.800. The van der Waals surface area contributed by atoms with Crippen LogP contribution in [0.1, 0.15) is 33.1 Å². The van der Waals surface area contributed by atoms with Crippen LogP contribution in [0.5, 0.6) is 0 Å². The molecule has 1 spiro atoms. The quantitative estimate of drug-likeness (QED) is 0.612. The fourth-order valence-electron chi connectivity index (χ4n) is 2.82. The molecular weight excluding hydrogens is 180 g/mol. The third-order valence-corrected chi connectivity index (χ3v) is 3.10. The molecule has 2 unspecified atom stereocenters. The third-order valence-electron chi connectivity index (χ3n) is 3.10. The summed E-state index contributed by atoms with van der Waals surface area (Å²) in [7, 11) is 0. The van der Waals surface area contributed by atoms with Gasteiger partial charge in [0.05, 0.1) is 0 Å². The van der Waals surface area contributed by atoms with Gasteiger partial charge in [0.15, 0.2) is 5.60 Å². The highest BCUT2D eigenvalue weighted by atomic mass is 16.5. The maximum atomic E-state index is 11.7. The molecule has 4 nitrogen and oxygen atoms in total. The molecule has 1 aliphatic heterocycles. The zero-order valence-electron chi connectivity index (χ0n) is 8.59. The van der Waals surface area contributed by atoms with E-state index in [2.05, 4.69) is 19.2 Å². The van der Waals surface area contributed by atoms with Gasteiger partial charge in [-0.05, 0) is 31.1 Å². The summed E-state index contributed by atoms with van der Waals surface area (Å²) in [6.45, 7) is 4.27. The Hall–Kier alpha value is -1.06. The minimum absolute atomic E-state index is 0.0868. The van der Waals surface area contributed by atoms with E-state index in [0.29, 0.717) is 11.8 Å². The number of hydrogen-bond donors (Lipinski definition) is 2. The van der Waals surface area contributed by atoms with Crippen molar-refractivity contribution in [2.45, 2.75) is 38.7 Å². The van der Waals surface area contributed by atoms with E-state index < -0.39 is 5.60 Å². The molecule has 2 N–H and O–H groups in total. The molecule has 0 aromatic carbocycles. The lowest BCUT2D eigenvalue weighted by Crippen LogP contribution is -2.45. The van der Waals surface area contributed by atoms with Crippen LogP contribution in [0, 0.1) is 17.2 Å². The smallest absolute Gasteiger partial charge is 0.289 e. The Bertz CT molecular complexity index is 278. The van der Waals surface area contributed by atoms with Crippen molar-refractivity contribution in [1.82, 2.24) is 5.32 Å². The van der Waals surface area contributed by atoms with Crippen molar-refractivity contribution in [3.63, 3.8) is 0 Å². The lowest BCUT2D eigenvalue weighted by molar-refractivity contribution is -0.136. The minimum atomic E-state index is -0.728. The summed E-state index contributed by atoms with van der Waals surface area (Å²) in [5.74, 6) is 0.867. The second kappa shape index (κ2) is 2.97. The molecule has 1 amide bonds. The van der Waals surface area contributed by atoms with Gasteiger partial charge in [0.1, 0.15) is 0 Å².